The van der Waals surface area contributed by atoms with Crippen molar-refractivity contribution < 1.29 is 0 Å². The summed E-state index contributed by atoms with van der Waals surface area (Å²) in [6.07, 6.45) is 2.44. The van der Waals surface area contributed by atoms with E-state index in [0.29, 0.717) is 5.92 Å². The minimum absolute atomic E-state index is 0.479. The number of hydrogen-bond acceptors (Lipinski definition) is 5. The molecule has 1 unspecified atom stereocenters. The number of hydrogen-bond donors (Lipinski definition) is 0. The van der Waals surface area contributed by atoms with Crippen LogP contribution in [0.15, 0.2) is 53.0 Å². The van der Waals surface area contributed by atoms with E-state index in [4.69, 9.17) is 0 Å². The predicted molar refractivity (Wildman–Crippen MR) is 109 cm³/mol. The molecule has 3 heterocycles. The lowest BCUT2D eigenvalue weighted by Crippen LogP contribution is -2.34. The van der Waals surface area contributed by atoms with Crippen molar-refractivity contribution in [3.8, 4) is 0 Å². The van der Waals surface area contributed by atoms with Gasteiger partial charge in [-0.15, -0.1) is 21.5 Å². The molecule has 0 amide bonds. The Bertz CT molecular complexity index is 814. The number of piperidine rings is 1. The van der Waals surface area contributed by atoms with Crippen LogP contribution in [-0.2, 0) is 19.3 Å². The van der Waals surface area contributed by atoms with Crippen molar-refractivity contribution in [3.63, 3.8) is 0 Å². The standard InChI is InChI=1S/C20H24N4S2/c1-23-19(21-22-20(23)26-15-16-7-3-2-4-8-16)17-9-5-11-24(13-17)14-18-10-6-12-25-18/h2-4,6-8,10,12,17H,5,9,11,13-15H2,1H3. The SMILES string of the molecule is Cn1c(SCc2ccccc2)nnc1C1CCCN(Cc2cccs2)C1. The first-order chi connectivity index (χ1) is 12.8. The third-order valence-electron chi connectivity index (χ3n) is 4.91. The first-order valence-corrected chi connectivity index (χ1v) is 11.0. The molecule has 26 heavy (non-hydrogen) atoms. The molecule has 0 radical (unpaired) electrons. The molecule has 0 bridgehead atoms. The van der Waals surface area contributed by atoms with Crippen molar-refractivity contribution in [1.82, 2.24) is 19.7 Å². The third kappa shape index (κ3) is 4.19. The summed E-state index contributed by atoms with van der Waals surface area (Å²) in [6.45, 7) is 3.32. The maximum atomic E-state index is 4.55. The summed E-state index contributed by atoms with van der Waals surface area (Å²) in [4.78, 5) is 4.01. The van der Waals surface area contributed by atoms with Gasteiger partial charge in [0.1, 0.15) is 5.82 Å². The second kappa shape index (κ2) is 8.37. The van der Waals surface area contributed by atoms with E-state index in [1.54, 1.807) is 11.8 Å². The van der Waals surface area contributed by atoms with E-state index in [2.05, 4.69) is 74.6 Å². The summed E-state index contributed by atoms with van der Waals surface area (Å²) in [6, 6.07) is 14.9. The molecule has 1 aromatic carbocycles. The van der Waals surface area contributed by atoms with Gasteiger partial charge in [-0.1, -0.05) is 48.2 Å². The average Bonchev–Trinajstić information content (AvgIpc) is 3.31. The summed E-state index contributed by atoms with van der Waals surface area (Å²) >= 11 is 3.61. The van der Waals surface area contributed by atoms with Gasteiger partial charge < -0.3 is 4.57 Å². The van der Waals surface area contributed by atoms with E-state index in [-0.39, 0.29) is 0 Å². The van der Waals surface area contributed by atoms with Gasteiger partial charge in [0.2, 0.25) is 0 Å². The van der Waals surface area contributed by atoms with Crippen molar-refractivity contribution in [1.29, 1.82) is 0 Å². The van der Waals surface area contributed by atoms with E-state index >= 15 is 0 Å². The van der Waals surface area contributed by atoms with Crippen molar-refractivity contribution in [3.05, 3.63) is 64.1 Å². The van der Waals surface area contributed by atoms with Gasteiger partial charge in [0.05, 0.1) is 0 Å². The van der Waals surface area contributed by atoms with Crippen LogP contribution in [0.3, 0.4) is 0 Å². The Labute approximate surface area is 163 Å². The summed E-state index contributed by atoms with van der Waals surface area (Å²) in [5.74, 6) is 2.55. The van der Waals surface area contributed by atoms with Gasteiger partial charge in [-0.05, 0) is 36.4 Å². The van der Waals surface area contributed by atoms with Crippen LogP contribution in [0.5, 0.6) is 0 Å². The molecule has 136 valence electrons. The van der Waals surface area contributed by atoms with Gasteiger partial charge in [0.25, 0.3) is 0 Å². The molecule has 2 aromatic heterocycles. The smallest absolute Gasteiger partial charge is 0.191 e. The largest absolute Gasteiger partial charge is 0.309 e. The molecule has 4 rings (SSSR count). The predicted octanol–water partition coefficient (Wildman–Crippen LogP) is 4.55. The Morgan fingerprint density at radius 2 is 2.04 bits per heavy atom. The quantitative estimate of drug-likeness (QED) is 0.584. The Hall–Kier alpha value is -1.63. The van der Waals surface area contributed by atoms with Crippen molar-refractivity contribution in [2.75, 3.05) is 13.1 Å². The van der Waals surface area contributed by atoms with Crippen LogP contribution in [0.2, 0.25) is 0 Å². The summed E-state index contributed by atoms with van der Waals surface area (Å²) in [5, 5.41) is 12.2. The average molecular weight is 385 g/mol. The van der Waals surface area contributed by atoms with Crippen LogP contribution in [0, 0.1) is 0 Å². The van der Waals surface area contributed by atoms with Crippen LogP contribution >= 0.6 is 23.1 Å². The summed E-state index contributed by atoms with van der Waals surface area (Å²) in [5.41, 5.74) is 1.32. The highest BCUT2D eigenvalue weighted by atomic mass is 32.2. The number of thiophene rings is 1. The van der Waals surface area contributed by atoms with Crippen molar-refractivity contribution in [2.24, 2.45) is 7.05 Å². The lowest BCUT2D eigenvalue weighted by Gasteiger charge is -2.31. The number of rotatable bonds is 6. The molecule has 1 atom stereocenters. The lowest BCUT2D eigenvalue weighted by molar-refractivity contribution is 0.196. The summed E-state index contributed by atoms with van der Waals surface area (Å²) in [7, 11) is 2.11. The minimum Gasteiger partial charge on any atom is -0.309 e. The zero-order valence-corrected chi connectivity index (χ0v) is 16.7. The minimum atomic E-state index is 0.479. The number of benzene rings is 1. The Kier molecular flexibility index (Phi) is 5.72. The van der Waals surface area contributed by atoms with E-state index in [0.717, 1.165) is 29.8 Å². The number of likely N-dealkylation sites (tertiary alicyclic amines) is 1. The number of aromatic nitrogens is 3. The molecule has 1 aliphatic heterocycles. The molecule has 1 saturated heterocycles. The van der Waals surface area contributed by atoms with Gasteiger partial charge in [-0.25, -0.2) is 0 Å². The number of thioether (sulfide) groups is 1. The van der Waals surface area contributed by atoms with Gasteiger partial charge in [0, 0.05) is 36.7 Å². The third-order valence-corrected chi connectivity index (χ3v) is 6.86. The van der Waals surface area contributed by atoms with Crippen molar-refractivity contribution >= 4 is 23.1 Å². The highest BCUT2D eigenvalue weighted by Gasteiger charge is 2.26. The second-order valence-electron chi connectivity index (χ2n) is 6.83. The van der Waals surface area contributed by atoms with E-state index in [1.165, 1.54) is 29.8 Å². The van der Waals surface area contributed by atoms with Crippen molar-refractivity contribution in [2.45, 2.75) is 36.2 Å². The van der Waals surface area contributed by atoms with Gasteiger partial charge in [-0.3, -0.25) is 4.90 Å². The monoisotopic (exact) mass is 384 g/mol. The van der Waals surface area contributed by atoms with E-state index in [1.807, 2.05) is 11.3 Å². The molecule has 0 saturated carbocycles. The molecule has 0 aliphatic carbocycles. The van der Waals surface area contributed by atoms with Gasteiger partial charge in [-0.2, -0.15) is 0 Å². The molecule has 4 nitrogen and oxygen atoms in total. The second-order valence-corrected chi connectivity index (χ2v) is 8.80. The van der Waals surface area contributed by atoms with E-state index < -0.39 is 0 Å². The van der Waals surface area contributed by atoms with Crippen LogP contribution < -0.4 is 0 Å². The zero-order chi connectivity index (χ0) is 17.8. The highest BCUT2D eigenvalue weighted by Crippen LogP contribution is 2.29. The molecule has 0 spiro atoms. The van der Waals surface area contributed by atoms with Gasteiger partial charge >= 0.3 is 0 Å². The molecule has 3 aromatic rings. The molecule has 1 fully saturated rings. The Morgan fingerprint density at radius 1 is 1.15 bits per heavy atom. The molecule has 0 N–H and O–H groups in total. The van der Waals surface area contributed by atoms with Gasteiger partial charge in [0.15, 0.2) is 5.16 Å². The van der Waals surface area contributed by atoms with Crippen LogP contribution in [0.25, 0.3) is 0 Å². The first-order valence-electron chi connectivity index (χ1n) is 9.10. The van der Waals surface area contributed by atoms with E-state index in [9.17, 15) is 0 Å². The summed E-state index contributed by atoms with van der Waals surface area (Å²) < 4.78 is 2.20. The first kappa shape index (κ1) is 17.8. The van der Waals surface area contributed by atoms with Crippen LogP contribution in [0.1, 0.15) is 35.0 Å². The topological polar surface area (TPSA) is 34.0 Å². The Balaban J connectivity index is 1.40. The zero-order valence-electron chi connectivity index (χ0n) is 15.0. The lowest BCUT2D eigenvalue weighted by atomic mass is 9.97. The Morgan fingerprint density at radius 3 is 2.85 bits per heavy atom. The molecule has 1 aliphatic rings. The molecule has 6 heteroatoms. The fraction of sp³-hybridized carbons (Fsp3) is 0.400. The normalized spacial score (nSPS) is 18.3. The highest BCUT2D eigenvalue weighted by molar-refractivity contribution is 7.98. The van der Waals surface area contributed by atoms with Crippen LogP contribution in [0.4, 0.5) is 0 Å². The van der Waals surface area contributed by atoms with Crippen LogP contribution in [-0.4, -0.2) is 32.8 Å². The maximum absolute atomic E-state index is 4.55. The maximum Gasteiger partial charge on any atom is 0.191 e. The fourth-order valence-electron chi connectivity index (χ4n) is 3.56. The molecular formula is C20H24N4S2. The fourth-order valence-corrected chi connectivity index (χ4v) is 5.18. The number of nitrogens with zero attached hydrogens (tertiary/aromatic N) is 4. The molecular weight excluding hydrogens is 360 g/mol.